The Hall–Kier alpha value is -2.26. The van der Waals surface area contributed by atoms with Crippen molar-refractivity contribution in [1.29, 1.82) is 0 Å². The van der Waals surface area contributed by atoms with Crippen LogP contribution in [0.2, 0.25) is 0 Å². The monoisotopic (exact) mass is 372 g/mol. The molecule has 1 amide bonds. The van der Waals surface area contributed by atoms with Crippen molar-refractivity contribution in [3.63, 3.8) is 0 Å². The molecule has 26 heavy (non-hydrogen) atoms. The van der Waals surface area contributed by atoms with Gasteiger partial charge in [-0.25, -0.2) is 0 Å². The summed E-state index contributed by atoms with van der Waals surface area (Å²) < 4.78 is 34.2. The molecule has 1 N–H and O–H groups in total. The van der Waals surface area contributed by atoms with Gasteiger partial charge in [-0.05, 0) is 24.7 Å². The zero-order valence-electron chi connectivity index (χ0n) is 14.4. The summed E-state index contributed by atoms with van der Waals surface area (Å²) in [5.41, 5.74) is 0.697. The number of carbonyl (C=O) groups is 2. The molecule has 1 aliphatic heterocycles. The van der Waals surface area contributed by atoms with Gasteiger partial charge in [-0.15, -0.1) is 0 Å². The van der Waals surface area contributed by atoms with Crippen LogP contribution in [0, 0.1) is 0 Å². The van der Waals surface area contributed by atoms with Gasteiger partial charge >= 0.3 is 12.6 Å². The van der Waals surface area contributed by atoms with Crippen LogP contribution in [-0.4, -0.2) is 79.3 Å². The van der Waals surface area contributed by atoms with Crippen molar-refractivity contribution in [2.24, 2.45) is 0 Å². The lowest BCUT2D eigenvalue weighted by Gasteiger charge is -2.34. The zero-order chi connectivity index (χ0) is 19.1. The molecular weight excluding hydrogens is 350 g/mol. The molecule has 1 unspecified atom stereocenters. The maximum atomic E-state index is 12.5. The topological polar surface area (TPSA) is 79.3 Å². The minimum Gasteiger partial charge on any atom is -0.480 e. The molecule has 9 heteroatoms. The van der Waals surface area contributed by atoms with Gasteiger partial charge in [-0.3, -0.25) is 14.5 Å². The maximum absolute atomic E-state index is 12.5. The molecule has 0 bridgehead atoms. The van der Waals surface area contributed by atoms with Crippen molar-refractivity contribution in [2.75, 3.05) is 39.8 Å². The molecule has 1 fully saturated rings. The molecule has 1 aromatic rings. The molecule has 1 saturated heterocycles. The Balaban J connectivity index is 1.85. The van der Waals surface area contributed by atoms with Gasteiger partial charge in [0.05, 0.1) is 25.7 Å². The van der Waals surface area contributed by atoms with E-state index in [0.717, 1.165) is 0 Å². The Bertz CT molecular complexity index is 612. The third-order valence-electron chi connectivity index (χ3n) is 3.92. The maximum Gasteiger partial charge on any atom is 0.387 e. The van der Waals surface area contributed by atoms with Gasteiger partial charge in [0.2, 0.25) is 5.91 Å². The minimum absolute atomic E-state index is 0.0455. The van der Waals surface area contributed by atoms with E-state index in [9.17, 15) is 18.4 Å². The second-order valence-corrected chi connectivity index (χ2v) is 6.12. The molecule has 1 heterocycles. The number of carboxylic acids is 1. The molecule has 144 valence electrons. The number of halogens is 2. The van der Waals surface area contributed by atoms with Crippen LogP contribution in [0.15, 0.2) is 24.3 Å². The number of hydrogen-bond acceptors (Lipinski definition) is 5. The number of likely N-dealkylation sites (N-methyl/N-ethyl adjacent to an activating group) is 1. The number of alkyl halides is 2. The summed E-state index contributed by atoms with van der Waals surface area (Å²) in [6.07, 6.45) is -0.106. The van der Waals surface area contributed by atoms with E-state index in [-0.39, 0.29) is 30.7 Å². The first kappa shape index (κ1) is 20.1. The Morgan fingerprint density at radius 3 is 2.69 bits per heavy atom. The summed E-state index contributed by atoms with van der Waals surface area (Å²) in [4.78, 5) is 26.5. The average molecular weight is 372 g/mol. The van der Waals surface area contributed by atoms with E-state index in [1.54, 1.807) is 29.0 Å². The Morgan fingerprint density at radius 2 is 2.08 bits per heavy atom. The van der Waals surface area contributed by atoms with Gasteiger partial charge in [-0.2, -0.15) is 8.78 Å². The highest BCUT2D eigenvalue weighted by molar-refractivity contribution is 5.79. The lowest BCUT2D eigenvalue weighted by atomic mass is 10.1. The fourth-order valence-corrected chi connectivity index (χ4v) is 2.77. The summed E-state index contributed by atoms with van der Waals surface area (Å²) >= 11 is 0. The first-order chi connectivity index (χ1) is 12.3. The first-order valence-corrected chi connectivity index (χ1v) is 8.17. The number of rotatable bonds is 8. The Labute approximate surface area is 150 Å². The highest BCUT2D eigenvalue weighted by atomic mass is 19.3. The molecular formula is C17H22F2N2O5. The Kier molecular flexibility index (Phi) is 7.28. The van der Waals surface area contributed by atoms with Crippen LogP contribution in [-0.2, 0) is 20.7 Å². The highest BCUT2D eigenvalue weighted by Gasteiger charge is 2.25. The van der Waals surface area contributed by atoms with E-state index in [1.807, 2.05) is 0 Å². The Morgan fingerprint density at radius 1 is 1.38 bits per heavy atom. The number of hydrogen-bond donors (Lipinski definition) is 1. The van der Waals surface area contributed by atoms with Crippen LogP contribution in [0.4, 0.5) is 8.78 Å². The van der Waals surface area contributed by atoms with Gasteiger partial charge in [0.25, 0.3) is 0 Å². The largest absolute Gasteiger partial charge is 0.480 e. The molecule has 0 spiro atoms. The summed E-state index contributed by atoms with van der Waals surface area (Å²) in [7, 11) is 1.68. The van der Waals surface area contributed by atoms with E-state index in [4.69, 9.17) is 9.84 Å². The molecule has 7 nitrogen and oxygen atoms in total. The van der Waals surface area contributed by atoms with Gasteiger partial charge in [-0.1, -0.05) is 12.1 Å². The molecule has 0 radical (unpaired) electrons. The number of morpholine rings is 1. The number of carboxylic acid groups (broad SMARTS) is 1. The molecule has 0 aliphatic carbocycles. The standard InChI is InChI=1S/C17H22F2N2O5/c1-20(11-16(23)24)9-14-10-21(6-7-25-14)15(22)8-12-2-4-13(5-3-12)26-17(18)19/h2-5,14,17H,6-11H2,1H3,(H,23,24). The molecule has 1 aliphatic rings. The number of ether oxygens (including phenoxy) is 2. The predicted octanol–water partition coefficient (Wildman–Crippen LogP) is 1.07. The van der Waals surface area contributed by atoms with Gasteiger partial charge in [0.1, 0.15) is 5.75 Å². The summed E-state index contributed by atoms with van der Waals surface area (Å²) in [6, 6.07) is 5.96. The van der Waals surface area contributed by atoms with Crippen LogP contribution in [0.5, 0.6) is 5.75 Å². The summed E-state index contributed by atoms with van der Waals surface area (Å²) in [6.45, 7) is -1.33. The van der Waals surface area contributed by atoms with E-state index in [0.29, 0.717) is 31.8 Å². The highest BCUT2D eigenvalue weighted by Crippen LogP contribution is 2.16. The minimum atomic E-state index is -2.88. The third kappa shape index (κ3) is 6.57. The summed E-state index contributed by atoms with van der Waals surface area (Å²) in [5.74, 6) is -0.971. The van der Waals surface area contributed by atoms with E-state index in [2.05, 4.69) is 4.74 Å². The average Bonchev–Trinajstić information content (AvgIpc) is 2.55. The molecule has 2 rings (SSSR count). The predicted molar refractivity (Wildman–Crippen MR) is 88.2 cm³/mol. The quantitative estimate of drug-likeness (QED) is 0.736. The van der Waals surface area contributed by atoms with Crippen LogP contribution < -0.4 is 4.74 Å². The van der Waals surface area contributed by atoms with Gasteiger partial charge in [0.15, 0.2) is 0 Å². The van der Waals surface area contributed by atoms with Gasteiger partial charge < -0.3 is 19.5 Å². The normalized spacial score (nSPS) is 17.6. The lowest BCUT2D eigenvalue weighted by Crippen LogP contribution is -2.50. The fraction of sp³-hybridized carbons (Fsp3) is 0.529. The van der Waals surface area contributed by atoms with E-state index in [1.165, 1.54) is 12.1 Å². The van der Waals surface area contributed by atoms with E-state index >= 15 is 0 Å². The molecule has 0 saturated carbocycles. The third-order valence-corrected chi connectivity index (χ3v) is 3.92. The number of amides is 1. The number of benzene rings is 1. The molecule has 1 aromatic carbocycles. The van der Waals surface area contributed by atoms with Crippen LogP contribution >= 0.6 is 0 Å². The second-order valence-electron chi connectivity index (χ2n) is 6.12. The van der Waals surface area contributed by atoms with Crippen LogP contribution in [0.1, 0.15) is 5.56 Å². The van der Waals surface area contributed by atoms with Gasteiger partial charge in [0, 0.05) is 19.6 Å². The SMILES string of the molecule is CN(CC(=O)O)CC1CN(C(=O)Cc2ccc(OC(F)F)cc2)CCO1. The first-order valence-electron chi connectivity index (χ1n) is 8.17. The van der Waals surface area contributed by atoms with Crippen molar-refractivity contribution >= 4 is 11.9 Å². The fourth-order valence-electron chi connectivity index (χ4n) is 2.77. The van der Waals surface area contributed by atoms with Crippen molar-refractivity contribution in [1.82, 2.24) is 9.80 Å². The van der Waals surface area contributed by atoms with Crippen LogP contribution in [0.25, 0.3) is 0 Å². The smallest absolute Gasteiger partial charge is 0.387 e. The number of aliphatic carboxylic acids is 1. The number of carbonyl (C=O) groups excluding carboxylic acids is 1. The number of nitrogens with zero attached hydrogens (tertiary/aromatic N) is 2. The lowest BCUT2D eigenvalue weighted by molar-refractivity contribution is -0.142. The van der Waals surface area contributed by atoms with Crippen molar-refractivity contribution in [3.05, 3.63) is 29.8 Å². The summed E-state index contributed by atoms with van der Waals surface area (Å²) in [5, 5.41) is 8.79. The molecule has 0 aromatic heterocycles. The van der Waals surface area contributed by atoms with Crippen LogP contribution in [0.3, 0.4) is 0 Å². The van der Waals surface area contributed by atoms with Crippen molar-refractivity contribution in [2.45, 2.75) is 19.1 Å². The second kappa shape index (κ2) is 9.44. The van der Waals surface area contributed by atoms with Crippen molar-refractivity contribution in [3.8, 4) is 5.75 Å². The van der Waals surface area contributed by atoms with Crippen molar-refractivity contribution < 1.29 is 33.0 Å². The molecule has 1 atom stereocenters. The zero-order valence-corrected chi connectivity index (χ0v) is 14.4. The van der Waals surface area contributed by atoms with E-state index < -0.39 is 12.6 Å².